The number of aryl methyl sites for hydroxylation is 3. The molecule has 11 heteroatoms. The number of unbranched alkanes of at least 4 members (excludes halogenated alkanes) is 2. The van der Waals surface area contributed by atoms with Crippen molar-refractivity contribution in [2.45, 2.75) is 71.5 Å². The molecular weight excluding hydrogens is 544 g/mol. The molecule has 0 bridgehead atoms. The van der Waals surface area contributed by atoms with E-state index in [4.69, 9.17) is 9.72 Å². The van der Waals surface area contributed by atoms with Crippen molar-refractivity contribution in [3.63, 3.8) is 0 Å². The molecule has 0 unspecified atom stereocenters. The van der Waals surface area contributed by atoms with Gasteiger partial charge in [0.1, 0.15) is 5.82 Å². The Hall–Kier alpha value is -4.38. The van der Waals surface area contributed by atoms with Gasteiger partial charge in [0.25, 0.3) is 5.56 Å². The fraction of sp³-hybridized carbons (Fsp3) is 0.438. The number of benzene rings is 2. The first kappa shape index (κ1) is 28.7. The highest BCUT2D eigenvalue weighted by molar-refractivity contribution is 5.80. The van der Waals surface area contributed by atoms with Gasteiger partial charge in [-0.05, 0) is 58.7 Å². The first-order valence-corrected chi connectivity index (χ1v) is 15.2. The maximum atomic E-state index is 13.8. The molecule has 1 aliphatic rings. The molecule has 6 rings (SSSR count). The molecule has 224 valence electrons. The molecule has 0 aliphatic heterocycles. The van der Waals surface area contributed by atoms with Crippen molar-refractivity contribution in [2.24, 2.45) is 5.92 Å². The zero-order chi connectivity index (χ0) is 29.8. The van der Waals surface area contributed by atoms with Gasteiger partial charge in [0.2, 0.25) is 0 Å². The summed E-state index contributed by atoms with van der Waals surface area (Å²) in [5, 5.41) is 14.4. The van der Waals surface area contributed by atoms with Crippen LogP contribution in [0.15, 0.2) is 58.1 Å². The molecule has 2 aromatic carbocycles. The number of rotatable bonds is 14. The van der Waals surface area contributed by atoms with Crippen molar-refractivity contribution >= 4 is 11.2 Å². The van der Waals surface area contributed by atoms with E-state index < -0.39 is 0 Å². The van der Waals surface area contributed by atoms with Crippen molar-refractivity contribution in [2.75, 3.05) is 13.7 Å². The van der Waals surface area contributed by atoms with Crippen LogP contribution in [0.25, 0.3) is 33.7 Å². The molecule has 3 aromatic heterocycles. The van der Waals surface area contributed by atoms with E-state index in [9.17, 15) is 9.59 Å². The molecule has 3 heterocycles. The smallest absolute Gasteiger partial charge is 0.332 e. The Bertz CT molecular complexity index is 1800. The van der Waals surface area contributed by atoms with Crippen LogP contribution >= 0.6 is 0 Å². The quantitative estimate of drug-likeness (QED) is 0.194. The van der Waals surface area contributed by atoms with Crippen molar-refractivity contribution in [1.82, 2.24) is 39.3 Å². The molecule has 43 heavy (non-hydrogen) atoms. The molecule has 1 N–H and O–H groups in total. The van der Waals surface area contributed by atoms with Gasteiger partial charge in [-0.15, -0.1) is 5.10 Å². The highest BCUT2D eigenvalue weighted by atomic mass is 16.5. The molecule has 1 fully saturated rings. The number of H-pyrrole nitrogens is 1. The maximum Gasteiger partial charge on any atom is 0.332 e. The minimum Gasteiger partial charge on any atom is -0.383 e. The Morgan fingerprint density at radius 1 is 0.930 bits per heavy atom. The van der Waals surface area contributed by atoms with Gasteiger partial charge in [-0.1, -0.05) is 68.3 Å². The van der Waals surface area contributed by atoms with E-state index >= 15 is 0 Å². The van der Waals surface area contributed by atoms with Crippen LogP contribution in [-0.2, 0) is 37.2 Å². The number of nitrogens with one attached hydrogen (secondary N) is 1. The molecule has 0 saturated heterocycles. The predicted molar refractivity (Wildman–Crippen MR) is 165 cm³/mol. The van der Waals surface area contributed by atoms with Crippen LogP contribution in [0.5, 0.6) is 0 Å². The highest BCUT2D eigenvalue weighted by Crippen LogP contribution is 2.31. The highest BCUT2D eigenvalue weighted by Gasteiger charge is 2.27. The second kappa shape index (κ2) is 12.9. The number of hydrogen-bond acceptors (Lipinski definition) is 7. The van der Waals surface area contributed by atoms with E-state index in [1.165, 1.54) is 4.57 Å². The number of imidazole rings is 1. The van der Waals surface area contributed by atoms with Crippen LogP contribution in [0.3, 0.4) is 0 Å². The lowest BCUT2D eigenvalue weighted by atomic mass is 9.98. The van der Waals surface area contributed by atoms with Crippen molar-refractivity contribution in [1.29, 1.82) is 0 Å². The number of ether oxygens (including phenoxy) is 1. The number of nitrogens with zero attached hydrogens (tertiary/aromatic N) is 7. The maximum absolute atomic E-state index is 13.8. The molecule has 0 atom stereocenters. The lowest BCUT2D eigenvalue weighted by Crippen LogP contribution is -2.41. The van der Waals surface area contributed by atoms with Gasteiger partial charge >= 0.3 is 5.69 Å². The summed E-state index contributed by atoms with van der Waals surface area (Å²) >= 11 is 0. The minimum absolute atomic E-state index is 0.220. The number of methoxy groups -OCH3 is 1. The molecule has 1 aliphatic carbocycles. The van der Waals surface area contributed by atoms with Gasteiger partial charge < -0.3 is 9.30 Å². The van der Waals surface area contributed by atoms with Gasteiger partial charge in [-0.3, -0.25) is 13.9 Å². The third-order valence-electron chi connectivity index (χ3n) is 8.27. The zero-order valence-electron chi connectivity index (χ0n) is 24.8. The van der Waals surface area contributed by atoms with E-state index in [1.807, 2.05) is 18.2 Å². The molecule has 0 spiro atoms. The summed E-state index contributed by atoms with van der Waals surface area (Å²) in [7, 11) is 1.58. The number of aromatic amines is 1. The van der Waals surface area contributed by atoms with Gasteiger partial charge in [-0.2, -0.15) is 0 Å². The summed E-state index contributed by atoms with van der Waals surface area (Å²) in [6.45, 7) is 3.89. The van der Waals surface area contributed by atoms with Crippen LogP contribution in [0, 0.1) is 5.92 Å². The third-order valence-corrected chi connectivity index (χ3v) is 8.27. The number of fused-ring (bicyclic) bond motifs is 1. The van der Waals surface area contributed by atoms with Crippen LogP contribution in [-0.4, -0.2) is 53.0 Å². The summed E-state index contributed by atoms with van der Waals surface area (Å²) in [6, 6.07) is 16.5. The van der Waals surface area contributed by atoms with E-state index in [0.29, 0.717) is 42.6 Å². The summed E-state index contributed by atoms with van der Waals surface area (Å²) in [4.78, 5) is 32.3. The van der Waals surface area contributed by atoms with E-state index in [0.717, 1.165) is 73.0 Å². The second-order valence-electron chi connectivity index (χ2n) is 11.3. The predicted octanol–water partition coefficient (Wildman–Crippen LogP) is 4.24. The topological polar surface area (TPSA) is 126 Å². The molecule has 5 aromatic rings. The Labute approximate surface area is 249 Å². The Morgan fingerprint density at radius 2 is 1.72 bits per heavy atom. The average molecular weight is 583 g/mol. The zero-order valence-corrected chi connectivity index (χ0v) is 24.8. The van der Waals surface area contributed by atoms with E-state index in [1.54, 1.807) is 11.7 Å². The molecule has 0 amide bonds. The van der Waals surface area contributed by atoms with Crippen LogP contribution in [0.4, 0.5) is 0 Å². The summed E-state index contributed by atoms with van der Waals surface area (Å²) < 4.78 is 10.4. The normalized spacial score (nSPS) is 13.3. The number of aromatic nitrogens is 8. The first-order valence-electron chi connectivity index (χ1n) is 15.2. The second-order valence-corrected chi connectivity index (χ2v) is 11.3. The molecule has 11 nitrogen and oxygen atoms in total. The first-order chi connectivity index (χ1) is 21.1. The largest absolute Gasteiger partial charge is 0.383 e. The molecule has 1 saturated carbocycles. The van der Waals surface area contributed by atoms with Crippen LogP contribution in [0.2, 0.25) is 0 Å². The SMILES string of the molecule is CCCCCc1nc2c(c(=O)n(CCOC)c(=O)n2CC2CC2)n1CCc1ccc(-c2ccccc2-c2nnn[nH]2)cc1. The lowest BCUT2D eigenvalue weighted by molar-refractivity contribution is 0.184. The third kappa shape index (κ3) is 6.08. The van der Waals surface area contributed by atoms with Gasteiger partial charge in [0, 0.05) is 32.2 Å². The van der Waals surface area contributed by atoms with Crippen LogP contribution < -0.4 is 11.2 Å². The fourth-order valence-electron chi connectivity index (χ4n) is 5.71. The minimum atomic E-state index is -0.289. The van der Waals surface area contributed by atoms with Gasteiger partial charge in [0.05, 0.1) is 13.2 Å². The summed E-state index contributed by atoms with van der Waals surface area (Å²) in [6.07, 6.45) is 6.86. The Balaban J connectivity index is 1.34. The van der Waals surface area contributed by atoms with E-state index in [-0.39, 0.29) is 17.8 Å². The molecule has 0 radical (unpaired) electrons. The number of hydrogen-bond donors (Lipinski definition) is 1. The van der Waals surface area contributed by atoms with Crippen molar-refractivity contribution in [3.8, 4) is 22.5 Å². The average Bonchev–Trinajstić information content (AvgIpc) is 3.53. The monoisotopic (exact) mass is 582 g/mol. The van der Waals surface area contributed by atoms with Crippen molar-refractivity contribution < 1.29 is 4.74 Å². The van der Waals surface area contributed by atoms with Crippen molar-refractivity contribution in [3.05, 3.63) is 80.8 Å². The number of tetrazole rings is 1. The Morgan fingerprint density at radius 3 is 2.42 bits per heavy atom. The fourth-order valence-corrected chi connectivity index (χ4v) is 5.71. The standard InChI is InChI=1S/C32H38N8O3/c1-3-4-5-10-27-33-30-28(31(41)39(19-20-43-2)32(42)40(30)21-23-11-12-23)38(27)18-17-22-13-15-24(16-14-22)25-8-6-7-9-26(25)29-34-36-37-35-29/h6-9,13-16,23H,3-5,10-12,17-21H2,1-2H3,(H,34,35,36,37). The van der Waals surface area contributed by atoms with Gasteiger partial charge in [0.15, 0.2) is 17.0 Å². The molecular formula is C32H38N8O3. The van der Waals surface area contributed by atoms with Crippen LogP contribution in [0.1, 0.15) is 50.4 Å². The lowest BCUT2D eigenvalue weighted by Gasteiger charge is -2.13. The summed E-state index contributed by atoms with van der Waals surface area (Å²) in [5.41, 5.74) is 4.66. The summed E-state index contributed by atoms with van der Waals surface area (Å²) in [5.74, 6) is 1.96. The Kier molecular flexibility index (Phi) is 8.59. The van der Waals surface area contributed by atoms with Gasteiger partial charge in [-0.25, -0.2) is 14.9 Å². The van der Waals surface area contributed by atoms with E-state index in [2.05, 4.69) is 62.4 Å².